The van der Waals surface area contributed by atoms with E-state index >= 15 is 0 Å². The van der Waals surface area contributed by atoms with Crippen LogP contribution in [0.3, 0.4) is 0 Å². The molecule has 0 rings (SSSR count). The molecule has 0 bridgehead atoms. The van der Waals surface area contributed by atoms with E-state index in [0.717, 1.165) is 0 Å². The standard InChI is InChI=1S/C10H19NO3/c1-4-6-11(9(13)14)7-5-10(2,3)8-12/h4,12H,1,5-8H2,2-3H3,(H,13,14). The van der Waals surface area contributed by atoms with Crippen LogP contribution in [-0.2, 0) is 0 Å². The molecule has 1 amide bonds. The molecule has 4 heteroatoms. The Bertz CT molecular complexity index is 202. The minimum absolute atomic E-state index is 0.0640. The molecule has 0 heterocycles. The second kappa shape index (κ2) is 5.65. The van der Waals surface area contributed by atoms with Gasteiger partial charge in [0.05, 0.1) is 0 Å². The van der Waals surface area contributed by atoms with Gasteiger partial charge >= 0.3 is 6.09 Å². The maximum atomic E-state index is 10.7. The van der Waals surface area contributed by atoms with Crippen LogP contribution in [0.2, 0.25) is 0 Å². The van der Waals surface area contributed by atoms with Gasteiger partial charge in [0.15, 0.2) is 0 Å². The highest BCUT2D eigenvalue weighted by Crippen LogP contribution is 2.19. The molecule has 0 aliphatic rings. The van der Waals surface area contributed by atoms with Crippen molar-refractivity contribution >= 4 is 6.09 Å². The Kier molecular flexibility index (Phi) is 5.23. The highest BCUT2D eigenvalue weighted by atomic mass is 16.4. The topological polar surface area (TPSA) is 60.8 Å². The van der Waals surface area contributed by atoms with Crippen molar-refractivity contribution in [2.45, 2.75) is 20.3 Å². The molecule has 0 fully saturated rings. The van der Waals surface area contributed by atoms with Gasteiger partial charge < -0.3 is 15.1 Å². The van der Waals surface area contributed by atoms with Crippen molar-refractivity contribution < 1.29 is 15.0 Å². The number of hydrogen-bond acceptors (Lipinski definition) is 2. The molecule has 0 spiro atoms. The van der Waals surface area contributed by atoms with Gasteiger partial charge in [0.1, 0.15) is 0 Å². The number of aliphatic hydroxyl groups is 1. The zero-order valence-electron chi connectivity index (χ0n) is 8.86. The van der Waals surface area contributed by atoms with Crippen LogP contribution in [0.15, 0.2) is 12.7 Å². The van der Waals surface area contributed by atoms with Crippen molar-refractivity contribution in [1.82, 2.24) is 4.90 Å². The number of carbonyl (C=O) groups is 1. The van der Waals surface area contributed by atoms with Crippen LogP contribution in [0.5, 0.6) is 0 Å². The summed E-state index contributed by atoms with van der Waals surface area (Å²) in [6.45, 7) is 8.12. The van der Waals surface area contributed by atoms with Gasteiger partial charge in [-0.05, 0) is 11.8 Å². The molecule has 0 unspecified atom stereocenters. The molecule has 14 heavy (non-hydrogen) atoms. The van der Waals surface area contributed by atoms with E-state index in [9.17, 15) is 4.79 Å². The lowest BCUT2D eigenvalue weighted by atomic mass is 9.90. The fourth-order valence-corrected chi connectivity index (χ4v) is 0.938. The maximum Gasteiger partial charge on any atom is 0.407 e. The summed E-state index contributed by atoms with van der Waals surface area (Å²) < 4.78 is 0. The van der Waals surface area contributed by atoms with E-state index in [-0.39, 0.29) is 12.0 Å². The van der Waals surface area contributed by atoms with Crippen LogP contribution in [0.25, 0.3) is 0 Å². The zero-order chi connectivity index (χ0) is 11.2. The molecule has 0 aliphatic heterocycles. The zero-order valence-corrected chi connectivity index (χ0v) is 8.86. The third-order valence-corrected chi connectivity index (χ3v) is 2.11. The molecule has 0 atom stereocenters. The Morgan fingerprint density at radius 3 is 2.50 bits per heavy atom. The van der Waals surface area contributed by atoms with Crippen LogP contribution in [-0.4, -0.2) is 40.9 Å². The molecule has 0 saturated carbocycles. The van der Waals surface area contributed by atoms with Crippen molar-refractivity contribution in [2.75, 3.05) is 19.7 Å². The first-order chi connectivity index (χ1) is 6.43. The van der Waals surface area contributed by atoms with Crippen molar-refractivity contribution in [1.29, 1.82) is 0 Å². The van der Waals surface area contributed by atoms with Crippen molar-refractivity contribution in [2.24, 2.45) is 5.41 Å². The summed E-state index contributed by atoms with van der Waals surface area (Å²) in [5.74, 6) is 0. The molecular formula is C10H19NO3. The van der Waals surface area contributed by atoms with Gasteiger partial charge in [0.2, 0.25) is 0 Å². The first-order valence-electron chi connectivity index (χ1n) is 4.62. The SMILES string of the molecule is C=CCN(CCC(C)(C)CO)C(=O)O. The molecule has 0 aromatic carbocycles. The van der Waals surface area contributed by atoms with E-state index in [1.165, 1.54) is 4.90 Å². The summed E-state index contributed by atoms with van der Waals surface area (Å²) in [4.78, 5) is 12.0. The summed E-state index contributed by atoms with van der Waals surface area (Å²) >= 11 is 0. The van der Waals surface area contributed by atoms with Gasteiger partial charge in [0.25, 0.3) is 0 Å². The first-order valence-corrected chi connectivity index (χ1v) is 4.62. The average Bonchev–Trinajstić information content (AvgIpc) is 2.12. The summed E-state index contributed by atoms with van der Waals surface area (Å²) in [5.41, 5.74) is -0.227. The van der Waals surface area contributed by atoms with E-state index in [1.54, 1.807) is 6.08 Å². The van der Waals surface area contributed by atoms with Gasteiger partial charge in [-0.2, -0.15) is 0 Å². The Hall–Kier alpha value is -1.03. The largest absolute Gasteiger partial charge is 0.465 e. The van der Waals surface area contributed by atoms with Gasteiger partial charge in [-0.15, -0.1) is 6.58 Å². The van der Waals surface area contributed by atoms with E-state index in [1.807, 2.05) is 13.8 Å². The van der Waals surface area contributed by atoms with E-state index in [4.69, 9.17) is 10.2 Å². The normalized spacial score (nSPS) is 11.1. The third kappa shape index (κ3) is 4.87. The quantitative estimate of drug-likeness (QED) is 0.641. The number of hydrogen-bond donors (Lipinski definition) is 2. The predicted molar refractivity (Wildman–Crippen MR) is 55.3 cm³/mol. The molecule has 0 aromatic rings. The van der Waals surface area contributed by atoms with Crippen LogP contribution < -0.4 is 0 Å². The lowest BCUT2D eigenvalue weighted by Crippen LogP contribution is -2.33. The lowest BCUT2D eigenvalue weighted by Gasteiger charge is -2.25. The number of nitrogens with zero attached hydrogens (tertiary/aromatic N) is 1. The Morgan fingerprint density at radius 2 is 2.14 bits per heavy atom. The van der Waals surface area contributed by atoms with Crippen LogP contribution >= 0.6 is 0 Å². The lowest BCUT2D eigenvalue weighted by molar-refractivity contribution is 0.119. The van der Waals surface area contributed by atoms with E-state index in [0.29, 0.717) is 19.5 Å². The Morgan fingerprint density at radius 1 is 1.57 bits per heavy atom. The maximum absolute atomic E-state index is 10.7. The summed E-state index contributed by atoms with van der Waals surface area (Å²) in [6, 6.07) is 0. The highest BCUT2D eigenvalue weighted by Gasteiger charge is 2.19. The number of carboxylic acid groups (broad SMARTS) is 1. The second-order valence-electron chi connectivity index (χ2n) is 4.09. The molecule has 0 saturated heterocycles. The number of aliphatic hydroxyl groups excluding tert-OH is 1. The van der Waals surface area contributed by atoms with Gasteiger partial charge in [-0.25, -0.2) is 4.79 Å². The van der Waals surface area contributed by atoms with Crippen LogP contribution in [0.4, 0.5) is 4.79 Å². The van der Waals surface area contributed by atoms with Gasteiger partial charge in [-0.3, -0.25) is 0 Å². The van der Waals surface area contributed by atoms with Crippen molar-refractivity contribution in [3.63, 3.8) is 0 Å². The summed E-state index contributed by atoms with van der Waals surface area (Å²) in [7, 11) is 0. The van der Waals surface area contributed by atoms with Crippen LogP contribution in [0, 0.1) is 5.41 Å². The average molecular weight is 201 g/mol. The van der Waals surface area contributed by atoms with Gasteiger partial charge in [0, 0.05) is 19.7 Å². The second-order valence-corrected chi connectivity index (χ2v) is 4.09. The summed E-state index contributed by atoms with van der Waals surface area (Å²) in [6.07, 6.45) is 1.25. The minimum atomic E-state index is -0.946. The molecule has 0 aliphatic carbocycles. The fourth-order valence-electron chi connectivity index (χ4n) is 0.938. The molecule has 0 aromatic heterocycles. The monoisotopic (exact) mass is 201 g/mol. The third-order valence-electron chi connectivity index (χ3n) is 2.11. The van der Waals surface area contributed by atoms with Crippen molar-refractivity contribution in [3.05, 3.63) is 12.7 Å². The predicted octanol–water partition coefficient (Wildman–Crippen LogP) is 1.56. The van der Waals surface area contributed by atoms with Crippen LogP contribution in [0.1, 0.15) is 20.3 Å². The number of amides is 1. The summed E-state index contributed by atoms with van der Waals surface area (Å²) in [5, 5.41) is 17.8. The Labute approximate surface area is 84.8 Å². The molecule has 0 radical (unpaired) electrons. The molecule has 82 valence electrons. The fraction of sp³-hybridized carbons (Fsp3) is 0.700. The molecule has 2 N–H and O–H groups in total. The molecular weight excluding hydrogens is 182 g/mol. The molecule has 4 nitrogen and oxygen atoms in total. The minimum Gasteiger partial charge on any atom is -0.465 e. The smallest absolute Gasteiger partial charge is 0.407 e. The van der Waals surface area contributed by atoms with Crippen molar-refractivity contribution in [3.8, 4) is 0 Å². The number of rotatable bonds is 6. The van der Waals surface area contributed by atoms with E-state index < -0.39 is 6.09 Å². The van der Waals surface area contributed by atoms with Gasteiger partial charge in [-0.1, -0.05) is 19.9 Å². The Balaban J connectivity index is 4.05. The highest BCUT2D eigenvalue weighted by molar-refractivity contribution is 5.65. The first kappa shape index (κ1) is 13.0. The van der Waals surface area contributed by atoms with E-state index in [2.05, 4.69) is 6.58 Å².